The van der Waals surface area contributed by atoms with Gasteiger partial charge in [-0.1, -0.05) is 150 Å². The van der Waals surface area contributed by atoms with Crippen molar-refractivity contribution in [2.24, 2.45) is 0 Å². The van der Waals surface area contributed by atoms with Crippen molar-refractivity contribution in [3.63, 3.8) is 0 Å². The van der Waals surface area contributed by atoms with Gasteiger partial charge in [0.2, 0.25) is 0 Å². The van der Waals surface area contributed by atoms with Crippen LogP contribution in [-0.4, -0.2) is 9.13 Å². The van der Waals surface area contributed by atoms with E-state index in [1.807, 2.05) is 0 Å². The summed E-state index contributed by atoms with van der Waals surface area (Å²) in [6.07, 6.45) is 12.9. The van der Waals surface area contributed by atoms with Crippen molar-refractivity contribution in [2.75, 3.05) is 10.0 Å². The van der Waals surface area contributed by atoms with Crippen molar-refractivity contribution >= 4 is 45.1 Å². The molecular weight excluding hydrogens is 723 g/mol. The summed E-state index contributed by atoms with van der Waals surface area (Å²) in [4.78, 5) is 0.339. The van der Waals surface area contributed by atoms with Gasteiger partial charge in [0.25, 0.3) is 4.92 Å². The Morgan fingerprint density at radius 1 is 0.407 bits per heavy atom. The fraction of sp³-hybridized carbons (Fsp3) is 0.269. The second kappa shape index (κ2) is 15.2. The van der Waals surface area contributed by atoms with Crippen LogP contribution in [0.4, 0.5) is 23.0 Å². The van der Waals surface area contributed by atoms with Gasteiger partial charge in [0.1, 0.15) is 0 Å². The van der Waals surface area contributed by atoms with Gasteiger partial charge in [-0.15, -0.1) is 0 Å². The highest BCUT2D eigenvalue weighted by molar-refractivity contribution is 5.83. The van der Waals surface area contributed by atoms with E-state index in [-0.39, 0.29) is 0 Å². The molecule has 0 amide bonds. The summed E-state index contributed by atoms with van der Waals surface area (Å²) < 4.78 is 10.2. The number of aromatic nitrogens is 4. The Labute approximate surface area is 348 Å². The molecule has 1 spiro atoms. The summed E-state index contributed by atoms with van der Waals surface area (Å²) in [5.41, 5.74) is 13.3. The highest BCUT2D eigenvalue weighted by Crippen LogP contribution is 2.50. The van der Waals surface area contributed by atoms with Crippen LogP contribution in [0, 0.1) is 0 Å². The molecule has 4 aromatic heterocycles. The number of hydrogen-bond donors (Lipinski definition) is 0. The monoisotopic (exact) mass is 778 g/mol. The molecule has 7 heteroatoms. The van der Waals surface area contributed by atoms with E-state index in [9.17, 15) is 0 Å². The van der Waals surface area contributed by atoms with Gasteiger partial charge in [0.15, 0.2) is 11.4 Å². The first kappa shape index (κ1) is 37.1. The van der Waals surface area contributed by atoms with Crippen LogP contribution in [0.3, 0.4) is 0 Å². The zero-order chi connectivity index (χ0) is 40.1. The number of anilines is 4. The molecule has 0 saturated heterocycles. The van der Waals surface area contributed by atoms with Gasteiger partial charge in [-0.3, -0.25) is 9.13 Å². The topological polar surface area (TPSA) is 24.1 Å². The molecule has 0 saturated carbocycles. The number of benzene rings is 4. The minimum atomic E-state index is 0.339. The van der Waals surface area contributed by atoms with Crippen molar-refractivity contribution in [3.05, 3.63) is 179 Å². The second-order valence-electron chi connectivity index (χ2n) is 16.4. The van der Waals surface area contributed by atoms with Crippen LogP contribution < -0.4 is 24.3 Å². The van der Waals surface area contributed by atoms with Crippen LogP contribution in [0.2, 0.25) is 0 Å². The number of aryl methyl sites for hydroxylation is 4. The fourth-order valence-corrected chi connectivity index (χ4v) is 10.0. The van der Waals surface area contributed by atoms with E-state index in [1.165, 1.54) is 78.5 Å². The van der Waals surface area contributed by atoms with Gasteiger partial charge in [0.05, 0.1) is 45.6 Å². The Hall–Kier alpha value is -6.18. The Morgan fingerprint density at radius 2 is 0.780 bits per heavy atom. The molecule has 7 nitrogen and oxygen atoms in total. The molecule has 6 heterocycles. The number of hydrogen-bond acceptors (Lipinski definition) is 2. The molecule has 2 aliphatic rings. The first-order valence-electron chi connectivity index (χ1n) is 22.0. The molecule has 10 rings (SSSR count). The first-order valence-corrected chi connectivity index (χ1v) is 22.0. The van der Waals surface area contributed by atoms with E-state index >= 15 is 0 Å². The summed E-state index contributed by atoms with van der Waals surface area (Å²) in [7, 11) is 0. The average Bonchev–Trinajstić information content (AvgIpc) is 3.84. The second-order valence-corrected chi connectivity index (χ2v) is 16.4. The number of nitrogens with zero attached hydrogens (tertiary/aromatic N) is 7. The minimum Gasteiger partial charge on any atom is -0.257 e. The van der Waals surface area contributed by atoms with Gasteiger partial charge in [-0.2, -0.15) is 0 Å². The van der Waals surface area contributed by atoms with Crippen LogP contribution in [0.15, 0.2) is 146 Å². The maximum atomic E-state index is 2.69. The van der Waals surface area contributed by atoms with E-state index in [2.05, 4.69) is 202 Å². The van der Waals surface area contributed by atoms with Gasteiger partial charge in [-0.05, 0) is 83.3 Å². The lowest BCUT2D eigenvalue weighted by Crippen LogP contribution is -3.11. The Kier molecular flexibility index (Phi) is 9.56. The Balaban J connectivity index is 1.36. The highest BCUT2D eigenvalue weighted by Gasteiger charge is 2.82. The van der Waals surface area contributed by atoms with E-state index in [1.54, 1.807) is 0 Å². The quantitative estimate of drug-likeness (QED) is 0.0811. The zero-order valence-corrected chi connectivity index (χ0v) is 35.1. The summed E-state index contributed by atoms with van der Waals surface area (Å²) >= 11 is 0. The van der Waals surface area contributed by atoms with Crippen LogP contribution in [0.25, 0.3) is 22.1 Å². The van der Waals surface area contributed by atoms with E-state index < -0.39 is 0 Å². The zero-order valence-electron chi connectivity index (χ0n) is 35.1. The van der Waals surface area contributed by atoms with Crippen LogP contribution >= 0.6 is 0 Å². The van der Waals surface area contributed by atoms with E-state index in [0.717, 1.165) is 64.5 Å². The summed E-state index contributed by atoms with van der Waals surface area (Å²) in [5.74, 6) is 2.38. The number of rotatable bonds is 14. The third-order valence-electron chi connectivity index (χ3n) is 12.4. The third-order valence-corrected chi connectivity index (χ3v) is 12.4. The number of pyridine rings is 2. The lowest BCUT2D eigenvalue weighted by atomic mass is 9.98. The van der Waals surface area contributed by atoms with Crippen molar-refractivity contribution in [1.82, 2.24) is 14.1 Å². The predicted octanol–water partition coefficient (Wildman–Crippen LogP) is 11.1. The normalized spacial score (nSPS) is 13.8. The molecule has 0 aliphatic carbocycles. The molecule has 0 unspecified atom stereocenters. The van der Waals surface area contributed by atoms with Crippen LogP contribution in [0.1, 0.15) is 86.8 Å². The van der Waals surface area contributed by atoms with Crippen LogP contribution in [-0.2, 0) is 38.8 Å². The lowest BCUT2D eigenvalue weighted by Gasteiger charge is -2.51. The van der Waals surface area contributed by atoms with E-state index in [4.69, 9.17) is 0 Å². The molecule has 59 heavy (non-hydrogen) atoms. The Morgan fingerprint density at radius 3 is 1.14 bits per heavy atom. The molecule has 2 aliphatic heterocycles. The number of quaternary nitrogens is 1. The largest absolute Gasteiger partial charge is 0.353 e. The van der Waals surface area contributed by atoms with Crippen molar-refractivity contribution in [3.8, 4) is 0 Å². The van der Waals surface area contributed by atoms with E-state index in [0.29, 0.717) is 4.92 Å². The SMILES string of the molecule is CCCc1cccc(CCC)c1N1c2ccc3ccn(Cc4ccccc4)c3[n+]2[N+]12N(c1c(CCC)cccc1CCC)c1ccc3ccn(Cc4ccccc4)c3[n+]12. The number of para-hydroxylation sites is 2. The highest BCUT2D eigenvalue weighted by atomic mass is 16.3. The maximum Gasteiger partial charge on any atom is 0.353 e. The molecule has 0 radical (unpaired) electrons. The first-order chi connectivity index (χ1) is 29.1. The lowest BCUT2D eigenvalue weighted by molar-refractivity contribution is -1.09. The molecule has 4 aromatic carbocycles. The molecular formula is C52H56N7+3. The van der Waals surface area contributed by atoms with Crippen LogP contribution in [0.5, 0.6) is 0 Å². The van der Waals surface area contributed by atoms with Crippen molar-refractivity contribution in [1.29, 1.82) is 0 Å². The minimum absolute atomic E-state index is 0.339. The summed E-state index contributed by atoms with van der Waals surface area (Å²) in [5, 5.41) is 7.85. The van der Waals surface area contributed by atoms with Crippen molar-refractivity contribution < 1.29 is 9.35 Å². The third kappa shape index (κ3) is 5.73. The van der Waals surface area contributed by atoms with Gasteiger partial charge in [-0.25, -0.2) is 0 Å². The summed E-state index contributed by atoms with van der Waals surface area (Å²) in [6.45, 7) is 10.8. The fourth-order valence-electron chi connectivity index (χ4n) is 10.0. The molecule has 0 atom stereocenters. The molecule has 0 N–H and O–H groups in total. The average molecular weight is 779 g/mol. The molecule has 296 valence electrons. The van der Waals surface area contributed by atoms with Gasteiger partial charge in [0, 0.05) is 22.2 Å². The maximum absolute atomic E-state index is 2.69. The van der Waals surface area contributed by atoms with Gasteiger partial charge < -0.3 is 0 Å². The molecule has 8 aromatic rings. The Bertz CT molecular complexity index is 2560. The van der Waals surface area contributed by atoms with Gasteiger partial charge >= 0.3 is 22.9 Å². The number of fused-ring (bicyclic) bond motifs is 8. The standard InChI is InChI=1S/C52H56N7/c1-5-17-41-25-15-26-42(18-6-2)49(41)55-47-31-29-45-33-35-53(37-39-21-11-9-12-22-39)51(45)57(47)59(55)56(50-43(19-7-3)27-16-28-44(50)20-8-4)48-32-30-46-34-36-54(52(46)58(48)59)38-40-23-13-10-14-24-40/h9-16,21-36H,5-8,17-20,37-38H2,1-4H3/q+3. The molecule has 0 fully saturated rings. The van der Waals surface area contributed by atoms with Crippen molar-refractivity contribution in [2.45, 2.75) is 92.2 Å². The predicted molar refractivity (Wildman–Crippen MR) is 241 cm³/mol. The summed E-state index contributed by atoms with van der Waals surface area (Å²) in [6, 6.07) is 50.0. The molecule has 0 bridgehead atoms. The smallest absolute Gasteiger partial charge is 0.257 e.